The van der Waals surface area contributed by atoms with Crippen molar-refractivity contribution in [3.8, 4) is 0 Å². The van der Waals surface area contributed by atoms with Crippen molar-refractivity contribution in [2.24, 2.45) is 23.7 Å². The molecule has 4 atom stereocenters. The van der Waals surface area contributed by atoms with Gasteiger partial charge in [0, 0.05) is 25.2 Å². The smallest absolute Gasteiger partial charge is 0.407 e. The molecule has 2 aliphatic rings. The minimum atomic E-state index is -0.454. The van der Waals surface area contributed by atoms with Crippen molar-refractivity contribution in [1.82, 2.24) is 10.6 Å². The molecule has 0 aromatic rings. The summed E-state index contributed by atoms with van der Waals surface area (Å²) in [6.45, 7) is 8.94. The second-order valence-corrected chi connectivity index (χ2v) is 9.19. The van der Waals surface area contributed by atoms with Gasteiger partial charge >= 0.3 is 24.1 Å². The Balaban J connectivity index is 1.51. The molecular formula is C26H40N2O8. The second kappa shape index (κ2) is 16.6. The van der Waals surface area contributed by atoms with Gasteiger partial charge in [0.1, 0.15) is 0 Å². The van der Waals surface area contributed by atoms with Gasteiger partial charge in [-0.15, -0.1) is 0 Å². The molecule has 2 fully saturated rings. The van der Waals surface area contributed by atoms with Gasteiger partial charge in [-0.1, -0.05) is 13.2 Å². The molecular weight excluding hydrogens is 468 g/mol. The highest BCUT2D eigenvalue weighted by molar-refractivity contribution is 5.81. The predicted octanol–water partition coefficient (Wildman–Crippen LogP) is 3.51. The van der Waals surface area contributed by atoms with Crippen molar-refractivity contribution in [2.75, 3.05) is 39.5 Å². The lowest BCUT2D eigenvalue weighted by atomic mass is 9.87. The van der Waals surface area contributed by atoms with Gasteiger partial charge in [0.15, 0.2) is 0 Å². The zero-order valence-electron chi connectivity index (χ0n) is 21.0. The Kier molecular flexibility index (Phi) is 13.5. The maximum Gasteiger partial charge on any atom is 0.407 e. The number of carbonyl (C=O) groups excluding carboxylic acids is 4. The summed E-state index contributed by atoms with van der Waals surface area (Å²) in [5, 5.41) is 5.71. The molecule has 2 amide bonds. The van der Waals surface area contributed by atoms with E-state index in [0.717, 1.165) is 31.4 Å². The van der Waals surface area contributed by atoms with Crippen molar-refractivity contribution in [2.45, 2.75) is 51.4 Å². The number of esters is 2. The molecule has 10 heteroatoms. The third-order valence-electron chi connectivity index (χ3n) is 6.86. The first-order chi connectivity index (χ1) is 17.4. The first-order valence-electron chi connectivity index (χ1n) is 12.8. The summed E-state index contributed by atoms with van der Waals surface area (Å²) in [5.74, 6) is 1.25. The fraction of sp³-hybridized carbons (Fsp3) is 0.692. The summed E-state index contributed by atoms with van der Waals surface area (Å²) in [5.41, 5.74) is 0. The topological polar surface area (TPSA) is 129 Å². The zero-order valence-corrected chi connectivity index (χ0v) is 21.0. The Labute approximate surface area is 213 Å². The molecule has 36 heavy (non-hydrogen) atoms. The SMILES string of the molecule is C=CC(=O)OCCCCOC(=O)NCCC1C2CCC1C(CNC(=O)OCCCCOC(=O)C=C)C2. The maximum atomic E-state index is 12.0. The first-order valence-corrected chi connectivity index (χ1v) is 12.8. The zero-order chi connectivity index (χ0) is 26.2. The van der Waals surface area contributed by atoms with Crippen molar-refractivity contribution in [1.29, 1.82) is 0 Å². The Morgan fingerprint density at radius 1 is 0.750 bits per heavy atom. The van der Waals surface area contributed by atoms with Crippen LogP contribution in [-0.4, -0.2) is 63.6 Å². The van der Waals surface area contributed by atoms with E-state index in [-0.39, 0.29) is 26.4 Å². The third-order valence-corrected chi connectivity index (χ3v) is 6.86. The number of fused-ring (bicyclic) bond motifs is 2. The Bertz CT molecular complexity index is 756. The van der Waals surface area contributed by atoms with Crippen LogP contribution in [0.1, 0.15) is 51.4 Å². The first kappa shape index (κ1) is 29.2. The van der Waals surface area contributed by atoms with Crippen LogP contribution in [-0.2, 0) is 28.5 Å². The minimum absolute atomic E-state index is 0.277. The van der Waals surface area contributed by atoms with Gasteiger partial charge < -0.3 is 29.6 Å². The van der Waals surface area contributed by atoms with Crippen LogP contribution in [0.15, 0.2) is 25.3 Å². The van der Waals surface area contributed by atoms with Gasteiger partial charge in [-0.25, -0.2) is 19.2 Å². The van der Waals surface area contributed by atoms with E-state index in [1.165, 1.54) is 6.42 Å². The Hall–Kier alpha value is -3.04. The fourth-order valence-electron chi connectivity index (χ4n) is 5.17. The maximum absolute atomic E-state index is 12.0. The largest absolute Gasteiger partial charge is 0.463 e. The summed E-state index contributed by atoms with van der Waals surface area (Å²) in [7, 11) is 0. The molecule has 0 aliphatic heterocycles. The number of rotatable bonds is 17. The molecule has 2 aliphatic carbocycles. The van der Waals surface area contributed by atoms with E-state index in [2.05, 4.69) is 23.8 Å². The number of carbonyl (C=O) groups is 4. The molecule has 2 rings (SSSR count). The van der Waals surface area contributed by atoms with Gasteiger partial charge in [-0.05, 0) is 75.0 Å². The molecule has 2 saturated carbocycles. The van der Waals surface area contributed by atoms with Gasteiger partial charge in [0.2, 0.25) is 0 Å². The van der Waals surface area contributed by atoms with Crippen molar-refractivity contribution in [3.63, 3.8) is 0 Å². The summed E-state index contributed by atoms with van der Waals surface area (Å²) < 4.78 is 20.1. The molecule has 2 N–H and O–H groups in total. The lowest BCUT2D eigenvalue weighted by Crippen LogP contribution is -2.33. The standard InChI is InChI=1S/C26H40N2O8/c1-3-23(29)33-13-5-7-15-35-25(31)27-12-11-22-19-9-10-21(22)20(17-19)18-28-26(32)36-16-8-6-14-34-24(30)4-2/h3-4,19-22H,1-2,5-18H2,(H,27,31)(H,28,32). The van der Waals surface area contributed by atoms with Gasteiger partial charge in [-0.3, -0.25) is 0 Å². The highest BCUT2D eigenvalue weighted by atomic mass is 16.6. The van der Waals surface area contributed by atoms with E-state index in [1.807, 2.05) is 0 Å². The lowest BCUT2D eigenvalue weighted by molar-refractivity contribution is -0.138. The van der Waals surface area contributed by atoms with Crippen LogP contribution in [0.25, 0.3) is 0 Å². The average molecular weight is 509 g/mol. The number of hydrogen-bond donors (Lipinski definition) is 2. The summed E-state index contributed by atoms with van der Waals surface area (Å²) in [6, 6.07) is 0. The summed E-state index contributed by atoms with van der Waals surface area (Å²) in [6.07, 6.45) is 8.22. The quantitative estimate of drug-likeness (QED) is 0.132. The lowest BCUT2D eigenvalue weighted by Gasteiger charge is -2.22. The number of hydrogen-bond acceptors (Lipinski definition) is 8. The van der Waals surface area contributed by atoms with E-state index >= 15 is 0 Å². The number of nitrogens with one attached hydrogen (secondary N) is 2. The summed E-state index contributed by atoms with van der Waals surface area (Å²) >= 11 is 0. The van der Waals surface area contributed by atoms with Gasteiger partial charge in [0.05, 0.1) is 26.4 Å². The van der Waals surface area contributed by atoms with E-state index in [1.54, 1.807) is 0 Å². The van der Waals surface area contributed by atoms with Gasteiger partial charge in [0.25, 0.3) is 0 Å². The van der Waals surface area contributed by atoms with Crippen LogP contribution in [0.4, 0.5) is 9.59 Å². The number of ether oxygens (including phenoxy) is 4. The number of unbranched alkanes of at least 4 members (excludes halogenated alkanes) is 2. The van der Waals surface area contributed by atoms with Crippen molar-refractivity contribution in [3.05, 3.63) is 25.3 Å². The monoisotopic (exact) mass is 508 g/mol. The number of amides is 2. The average Bonchev–Trinajstić information content (AvgIpc) is 3.43. The molecule has 0 heterocycles. The predicted molar refractivity (Wildman–Crippen MR) is 132 cm³/mol. The highest BCUT2D eigenvalue weighted by Gasteiger charge is 2.47. The fourth-order valence-corrected chi connectivity index (χ4v) is 5.17. The van der Waals surface area contributed by atoms with Crippen LogP contribution >= 0.6 is 0 Å². The van der Waals surface area contributed by atoms with Crippen LogP contribution in [0.3, 0.4) is 0 Å². The second-order valence-electron chi connectivity index (χ2n) is 9.19. The van der Waals surface area contributed by atoms with Crippen molar-refractivity contribution >= 4 is 24.1 Å². The molecule has 0 aromatic carbocycles. The summed E-state index contributed by atoms with van der Waals surface area (Å²) in [4.78, 5) is 45.8. The van der Waals surface area contributed by atoms with E-state index in [0.29, 0.717) is 62.4 Å². The van der Waals surface area contributed by atoms with E-state index in [4.69, 9.17) is 18.9 Å². The van der Waals surface area contributed by atoms with Crippen LogP contribution < -0.4 is 10.6 Å². The molecule has 4 unspecified atom stereocenters. The Morgan fingerprint density at radius 2 is 1.28 bits per heavy atom. The van der Waals surface area contributed by atoms with Crippen molar-refractivity contribution < 1.29 is 38.1 Å². The van der Waals surface area contributed by atoms with Crippen LogP contribution in [0, 0.1) is 23.7 Å². The van der Waals surface area contributed by atoms with E-state index in [9.17, 15) is 19.2 Å². The Morgan fingerprint density at radius 3 is 1.83 bits per heavy atom. The minimum Gasteiger partial charge on any atom is -0.463 e. The highest BCUT2D eigenvalue weighted by Crippen LogP contribution is 2.53. The molecule has 0 spiro atoms. The van der Waals surface area contributed by atoms with E-state index < -0.39 is 24.1 Å². The molecule has 10 nitrogen and oxygen atoms in total. The molecule has 0 radical (unpaired) electrons. The molecule has 2 bridgehead atoms. The number of alkyl carbamates (subject to hydrolysis) is 2. The molecule has 202 valence electrons. The van der Waals surface area contributed by atoms with Gasteiger partial charge in [-0.2, -0.15) is 0 Å². The van der Waals surface area contributed by atoms with Crippen LogP contribution in [0.5, 0.6) is 0 Å². The normalized spacial score (nSPS) is 21.8. The van der Waals surface area contributed by atoms with Crippen LogP contribution in [0.2, 0.25) is 0 Å². The molecule has 0 aromatic heterocycles. The molecule has 0 saturated heterocycles. The third kappa shape index (κ3) is 10.7.